The largest absolute Gasteiger partial charge is 0.309 e. The molecule has 1 fully saturated rings. The van der Waals surface area contributed by atoms with Crippen molar-refractivity contribution in [1.82, 2.24) is 9.88 Å². The second-order valence-corrected chi connectivity index (χ2v) is 9.99. The van der Waals surface area contributed by atoms with Crippen LogP contribution in [0.1, 0.15) is 5.56 Å². The van der Waals surface area contributed by atoms with E-state index < -0.39 is 11.8 Å². The Morgan fingerprint density at radius 1 is 0.700 bits per heavy atom. The van der Waals surface area contributed by atoms with Crippen LogP contribution in [0.5, 0.6) is 0 Å². The number of nitrogens with zero attached hydrogens (tertiary/aromatic N) is 2. The number of hydrogen-bond acceptors (Lipinski definition) is 3. The second-order valence-electron chi connectivity index (χ2n) is 9.17. The first-order chi connectivity index (χ1) is 19.5. The zero-order valence-corrected chi connectivity index (χ0v) is 22.7. The van der Waals surface area contributed by atoms with Gasteiger partial charge in [0.05, 0.1) is 17.1 Å². The molecule has 1 aliphatic heterocycles. The van der Waals surface area contributed by atoms with Crippen molar-refractivity contribution in [1.29, 1.82) is 0 Å². The SMILES string of the molecule is O=C1NC(=S)N(c2ccccc2)C(=O)C1=Cc1cc(-c2ccccc2)n(-c2ccc(Cl)cc2)c1-c1ccccc1. The quantitative estimate of drug-likeness (QED) is 0.140. The molecule has 0 atom stereocenters. The summed E-state index contributed by atoms with van der Waals surface area (Å²) in [6, 6.07) is 38.5. The van der Waals surface area contributed by atoms with Gasteiger partial charge in [0.2, 0.25) is 0 Å². The number of carbonyl (C=O) groups excluding carboxylic acids is 2. The van der Waals surface area contributed by atoms with E-state index in [1.165, 1.54) is 4.90 Å². The lowest BCUT2D eigenvalue weighted by Gasteiger charge is -2.28. The van der Waals surface area contributed by atoms with Gasteiger partial charge in [-0.15, -0.1) is 0 Å². The van der Waals surface area contributed by atoms with Crippen LogP contribution < -0.4 is 10.2 Å². The van der Waals surface area contributed by atoms with Crippen molar-refractivity contribution in [3.63, 3.8) is 0 Å². The van der Waals surface area contributed by atoms with E-state index in [4.69, 9.17) is 23.8 Å². The first-order valence-corrected chi connectivity index (χ1v) is 13.4. The van der Waals surface area contributed by atoms with E-state index in [0.29, 0.717) is 16.3 Å². The van der Waals surface area contributed by atoms with Crippen LogP contribution in [-0.4, -0.2) is 21.5 Å². The zero-order chi connectivity index (χ0) is 27.6. The molecule has 1 aromatic heterocycles. The maximum atomic E-state index is 13.8. The fraction of sp³-hybridized carbons (Fsp3) is 0. The van der Waals surface area contributed by atoms with Gasteiger partial charge >= 0.3 is 0 Å². The predicted octanol–water partition coefficient (Wildman–Crippen LogP) is 7.30. The third-order valence-corrected chi connectivity index (χ3v) is 7.18. The van der Waals surface area contributed by atoms with Crippen LogP contribution in [0.25, 0.3) is 34.3 Å². The smallest absolute Gasteiger partial charge is 0.270 e. The van der Waals surface area contributed by atoms with Gasteiger partial charge in [-0.3, -0.25) is 19.8 Å². The topological polar surface area (TPSA) is 54.3 Å². The molecule has 6 rings (SSSR count). The first kappa shape index (κ1) is 25.5. The number of thiocarbonyl (C=S) groups is 1. The Kier molecular flexibility index (Phi) is 6.86. The Morgan fingerprint density at radius 3 is 1.90 bits per heavy atom. The lowest BCUT2D eigenvalue weighted by Crippen LogP contribution is -2.54. The van der Waals surface area contributed by atoms with E-state index in [9.17, 15) is 9.59 Å². The summed E-state index contributed by atoms with van der Waals surface area (Å²) < 4.78 is 2.12. The van der Waals surface area contributed by atoms with Crippen molar-refractivity contribution in [3.8, 4) is 28.2 Å². The molecule has 2 amide bonds. The van der Waals surface area contributed by atoms with Gasteiger partial charge in [0.15, 0.2) is 5.11 Å². The molecule has 0 spiro atoms. The van der Waals surface area contributed by atoms with Crippen LogP contribution in [-0.2, 0) is 9.59 Å². The minimum atomic E-state index is -0.540. The van der Waals surface area contributed by atoms with Crippen LogP contribution in [0.15, 0.2) is 127 Å². The fourth-order valence-corrected chi connectivity index (χ4v) is 5.24. The van der Waals surface area contributed by atoms with E-state index in [1.54, 1.807) is 18.2 Å². The van der Waals surface area contributed by atoms with Gasteiger partial charge in [-0.05, 0) is 71.9 Å². The third kappa shape index (κ3) is 4.75. The van der Waals surface area contributed by atoms with Crippen molar-refractivity contribution in [2.75, 3.05) is 4.90 Å². The highest BCUT2D eigenvalue weighted by atomic mass is 35.5. The summed E-state index contributed by atoms with van der Waals surface area (Å²) in [6.45, 7) is 0. The summed E-state index contributed by atoms with van der Waals surface area (Å²) in [5.41, 5.74) is 5.79. The van der Waals surface area contributed by atoms with Gasteiger partial charge in [0.25, 0.3) is 11.8 Å². The monoisotopic (exact) mass is 559 g/mol. The molecule has 0 bridgehead atoms. The summed E-state index contributed by atoms with van der Waals surface area (Å²) >= 11 is 11.6. The minimum absolute atomic E-state index is 0.0116. The van der Waals surface area contributed by atoms with Crippen molar-refractivity contribution in [2.24, 2.45) is 0 Å². The average Bonchev–Trinajstić information content (AvgIpc) is 3.36. The van der Waals surface area contributed by atoms with Gasteiger partial charge in [-0.1, -0.05) is 90.5 Å². The number of carbonyl (C=O) groups is 2. The maximum absolute atomic E-state index is 13.8. The van der Waals surface area contributed by atoms with E-state index in [2.05, 4.69) is 9.88 Å². The molecule has 1 saturated heterocycles. The normalized spacial score (nSPS) is 14.5. The number of halogens is 1. The number of para-hydroxylation sites is 1. The van der Waals surface area contributed by atoms with Gasteiger partial charge in [-0.25, -0.2) is 0 Å². The number of rotatable bonds is 5. The van der Waals surface area contributed by atoms with Crippen molar-refractivity contribution in [3.05, 3.63) is 137 Å². The summed E-state index contributed by atoms with van der Waals surface area (Å²) in [4.78, 5) is 28.3. The molecule has 0 aliphatic carbocycles. The summed E-state index contributed by atoms with van der Waals surface area (Å²) in [6.07, 6.45) is 1.65. The van der Waals surface area contributed by atoms with Crippen LogP contribution in [0, 0.1) is 0 Å². The molecular weight excluding hydrogens is 538 g/mol. The molecular formula is C33H22ClN3O2S. The Labute approximate surface area is 242 Å². The molecule has 0 saturated carbocycles. The Bertz CT molecular complexity index is 1760. The van der Waals surface area contributed by atoms with E-state index in [-0.39, 0.29) is 10.7 Å². The minimum Gasteiger partial charge on any atom is -0.309 e. The van der Waals surface area contributed by atoms with E-state index in [1.807, 2.05) is 109 Å². The number of nitrogens with one attached hydrogen (secondary N) is 1. The molecule has 7 heteroatoms. The molecule has 2 heterocycles. The lowest BCUT2D eigenvalue weighted by atomic mass is 10.0. The molecule has 5 nitrogen and oxygen atoms in total. The molecule has 40 heavy (non-hydrogen) atoms. The van der Waals surface area contributed by atoms with Gasteiger partial charge < -0.3 is 4.57 Å². The van der Waals surface area contributed by atoms with Crippen LogP contribution in [0.4, 0.5) is 5.69 Å². The molecule has 1 N–H and O–H groups in total. The molecule has 194 valence electrons. The highest BCUT2D eigenvalue weighted by molar-refractivity contribution is 7.80. The van der Waals surface area contributed by atoms with E-state index in [0.717, 1.165) is 28.2 Å². The number of amides is 2. The van der Waals surface area contributed by atoms with Crippen molar-refractivity contribution in [2.45, 2.75) is 0 Å². The average molecular weight is 560 g/mol. The number of hydrogen-bond donors (Lipinski definition) is 1. The second kappa shape index (κ2) is 10.8. The van der Waals surface area contributed by atoms with Gasteiger partial charge in [0, 0.05) is 16.3 Å². The third-order valence-electron chi connectivity index (χ3n) is 6.65. The molecule has 0 unspecified atom stereocenters. The summed E-state index contributed by atoms with van der Waals surface area (Å²) in [5.74, 6) is -1.03. The van der Waals surface area contributed by atoms with E-state index >= 15 is 0 Å². The first-order valence-electron chi connectivity index (χ1n) is 12.6. The van der Waals surface area contributed by atoms with Crippen LogP contribution in [0.2, 0.25) is 5.02 Å². The predicted molar refractivity (Wildman–Crippen MR) is 164 cm³/mol. The Hall–Kier alpha value is -4.78. The number of anilines is 1. The molecule has 5 aromatic rings. The highest BCUT2D eigenvalue weighted by Gasteiger charge is 2.35. The van der Waals surface area contributed by atoms with Gasteiger partial charge in [0.1, 0.15) is 5.57 Å². The van der Waals surface area contributed by atoms with Crippen LogP contribution >= 0.6 is 23.8 Å². The standard InChI is InChI=1S/C33H22ClN3O2S/c34-25-16-18-27(19-17-25)36-29(22-10-4-1-5-11-22)21-24(30(36)23-12-6-2-7-13-23)20-28-31(38)35-33(40)37(32(28)39)26-14-8-3-9-15-26/h1-21H,(H,35,38,40). The Morgan fingerprint density at radius 2 is 1.27 bits per heavy atom. The maximum Gasteiger partial charge on any atom is 0.270 e. The molecule has 0 radical (unpaired) electrons. The summed E-state index contributed by atoms with van der Waals surface area (Å²) in [7, 11) is 0. The molecule has 4 aromatic carbocycles. The van der Waals surface area contributed by atoms with Crippen molar-refractivity contribution >= 4 is 52.5 Å². The Balaban J connectivity index is 1.60. The zero-order valence-electron chi connectivity index (χ0n) is 21.1. The van der Waals surface area contributed by atoms with Crippen LogP contribution in [0.3, 0.4) is 0 Å². The van der Waals surface area contributed by atoms with Gasteiger partial charge in [-0.2, -0.15) is 0 Å². The molecule has 1 aliphatic rings. The number of benzene rings is 4. The fourth-order valence-electron chi connectivity index (χ4n) is 4.84. The highest BCUT2D eigenvalue weighted by Crippen LogP contribution is 2.38. The lowest BCUT2D eigenvalue weighted by molar-refractivity contribution is -0.122. The summed E-state index contributed by atoms with van der Waals surface area (Å²) in [5, 5.41) is 3.36. The van der Waals surface area contributed by atoms with Crippen molar-refractivity contribution < 1.29 is 9.59 Å². The number of aromatic nitrogens is 1.